The summed E-state index contributed by atoms with van der Waals surface area (Å²) in [6.45, 7) is 1.97. The molecule has 0 saturated heterocycles. The van der Waals surface area contributed by atoms with Gasteiger partial charge in [-0.15, -0.1) is 0 Å². The number of hydrogen-bond acceptors (Lipinski definition) is 3. The van der Waals surface area contributed by atoms with Crippen LogP contribution in [0.4, 0.5) is 5.69 Å². The van der Waals surface area contributed by atoms with Crippen LogP contribution in [0.15, 0.2) is 29.4 Å². The third-order valence-electron chi connectivity index (χ3n) is 2.44. The van der Waals surface area contributed by atoms with Gasteiger partial charge in [-0.25, -0.2) is 5.01 Å². The lowest BCUT2D eigenvalue weighted by atomic mass is 10.1. The molecule has 84 valence electrons. The van der Waals surface area contributed by atoms with Gasteiger partial charge in [-0.2, -0.15) is 5.10 Å². The van der Waals surface area contributed by atoms with Gasteiger partial charge in [0.2, 0.25) is 0 Å². The van der Waals surface area contributed by atoms with Crippen molar-refractivity contribution in [2.75, 3.05) is 5.01 Å². The number of hydrogen-bond donors (Lipinski definition) is 1. The molecule has 1 unspecified atom stereocenters. The maximum absolute atomic E-state index is 11.4. The first-order valence-electron chi connectivity index (χ1n) is 5.37. The van der Waals surface area contributed by atoms with Crippen LogP contribution < -0.4 is 10.7 Å². The predicted octanol–water partition coefficient (Wildman–Crippen LogP) is 1.30. The van der Waals surface area contributed by atoms with Crippen LogP contribution in [0, 0.1) is 0 Å². The number of anilines is 1. The van der Waals surface area contributed by atoms with Crippen LogP contribution in [0.5, 0.6) is 0 Å². The second kappa shape index (κ2) is 4.45. The van der Waals surface area contributed by atoms with Crippen LogP contribution in [0.2, 0.25) is 0 Å². The summed E-state index contributed by atoms with van der Waals surface area (Å²) >= 11 is 0. The molecule has 2 rings (SSSR count). The molecule has 1 atom stereocenters. The summed E-state index contributed by atoms with van der Waals surface area (Å²) < 4.78 is 0. The van der Waals surface area contributed by atoms with Crippen molar-refractivity contribution in [3.8, 4) is 0 Å². The van der Waals surface area contributed by atoms with Gasteiger partial charge >= 0.3 is 0 Å². The lowest BCUT2D eigenvalue weighted by molar-refractivity contribution is -0.116. The Morgan fingerprint density at radius 3 is 2.62 bits per heavy atom. The Morgan fingerprint density at radius 1 is 1.44 bits per heavy atom. The zero-order valence-corrected chi connectivity index (χ0v) is 9.26. The van der Waals surface area contributed by atoms with E-state index in [0.29, 0.717) is 6.42 Å². The summed E-state index contributed by atoms with van der Waals surface area (Å²) in [6, 6.07) is 7.92. The Morgan fingerprint density at radius 2 is 2.12 bits per heavy atom. The van der Waals surface area contributed by atoms with Gasteiger partial charge in [0.05, 0.1) is 12.1 Å². The minimum atomic E-state index is 0.0138. The van der Waals surface area contributed by atoms with Gasteiger partial charge in [0.15, 0.2) is 0 Å². The Bertz CT molecular complexity index is 409. The highest BCUT2D eigenvalue weighted by molar-refractivity contribution is 6.05. The highest BCUT2D eigenvalue weighted by Gasteiger charge is 2.18. The van der Waals surface area contributed by atoms with Gasteiger partial charge in [-0.3, -0.25) is 4.79 Å². The quantitative estimate of drug-likeness (QED) is 0.829. The Labute approximate surface area is 94.7 Å². The van der Waals surface area contributed by atoms with Gasteiger partial charge in [0.1, 0.15) is 0 Å². The fraction of sp³-hybridized carbons (Fsp3) is 0.333. The molecule has 0 radical (unpaired) electrons. The van der Waals surface area contributed by atoms with Gasteiger partial charge < -0.3 is 5.73 Å². The number of amides is 1. The highest BCUT2D eigenvalue weighted by Crippen LogP contribution is 2.19. The van der Waals surface area contributed by atoms with E-state index in [1.165, 1.54) is 10.6 Å². The molecule has 0 saturated carbocycles. The maximum atomic E-state index is 11.4. The topological polar surface area (TPSA) is 58.7 Å². The van der Waals surface area contributed by atoms with Crippen molar-refractivity contribution in [3.05, 3.63) is 29.8 Å². The van der Waals surface area contributed by atoms with Gasteiger partial charge in [0.25, 0.3) is 5.91 Å². The van der Waals surface area contributed by atoms with E-state index in [2.05, 4.69) is 5.10 Å². The largest absolute Gasteiger partial charge is 0.328 e. The van der Waals surface area contributed by atoms with Crippen LogP contribution >= 0.6 is 0 Å². The number of carbonyl (C=O) groups excluding carboxylic acids is 1. The van der Waals surface area contributed by atoms with Crippen molar-refractivity contribution in [3.63, 3.8) is 0 Å². The molecule has 1 aromatic rings. The molecule has 0 aliphatic carbocycles. The molecule has 1 heterocycles. The zero-order valence-electron chi connectivity index (χ0n) is 9.26. The summed E-state index contributed by atoms with van der Waals surface area (Å²) in [4.78, 5) is 11.4. The fourth-order valence-electron chi connectivity index (χ4n) is 1.71. The van der Waals surface area contributed by atoms with Gasteiger partial charge in [-0.1, -0.05) is 12.1 Å². The molecule has 16 heavy (non-hydrogen) atoms. The van der Waals surface area contributed by atoms with E-state index in [9.17, 15) is 4.79 Å². The fourth-order valence-corrected chi connectivity index (χ4v) is 1.71. The molecule has 0 spiro atoms. The molecule has 4 nitrogen and oxygen atoms in total. The van der Waals surface area contributed by atoms with E-state index in [-0.39, 0.29) is 11.9 Å². The van der Waals surface area contributed by atoms with Crippen LogP contribution in [0.25, 0.3) is 0 Å². The van der Waals surface area contributed by atoms with Crippen LogP contribution in [0.3, 0.4) is 0 Å². The Kier molecular flexibility index (Phi) is 3.01. The Hall–Kier alpha value is -1.68. The second-order valence-corrected chi connectivity index (χ2v) is 4.06. The van der Waals surface area contributed by atoms with Crippen LogP contribution in [-0.4, -0.2) is 18.2 Å². The molecule has 0 fully saturated rings. The lowest BCUT2D eigenvalue weighted by Gasteiger charge is -2.12. The first-order valence-corrected chi connectivity index (χ1v) is 5.37. The van der Waals surface area contributed by atoms with Crippen molar-refractivity contribution in [2.45, 2.75) is 25.8 Å². The number of carbonyl (C=O) groups is 1. The molecule has 1 aliphatic heterocycles. The minimum Gasteiger partial charge on any atom is -0.328 e. The lowest BCUT2D eigenvalue weighted by Crippen LogP contribution is -2.20. The van der Waals surface area contributed by atoms with E-state index >= 15 is 0 Å². The molecular formula is C12H15N3O. The van der Waals surface area contributed by atoms with E-state index in [4.69, 9.17) is 5.73 Å². The molecule has 0 bridgehead atoms. The normalized spacial score (nSPS) is 16.9. The van der Waals surface area contributed by atoms with Gasteiger partial charge in [-0.05, 0) is 31.0 Å². The molecule has 1 aliphatic rings. The van der Waals surface area contributed by atoms with E-state index < -0.39 is 0 Å². The first-order chi connectivity index (χ1) is 7.66. The van der Waals surface area contributed by atoms with E-state index in [0.717, 1.165) is 12.1 Å². The number of hydrazone groups is 1. The molecule has 4 heteroatoms. The van der Waals surface area contributed by atoms with Crippen molar-refractivity contribution < 1.29 is 4.79 Å². The third kappa shape index (κ3) is 2.28. The zero-order chi connectivity index (χ0) is 11.5. The Balaban J connectivity index is 2.13. The first kappa shape index (κ1) is 10.8. The average Bonchev–Trinajstić information content (AvgIpc) is 2.65. The minimum absolute atomic E-state index is 0.0138. The number of nitrogens with two attached hydrogens (primary N) is 1. The van der Waals surface area contributed by atoms with Crippen molar-refractivity contribution in [2.24, 2.45) is 10.8 Å². The maximum Gasteiger partial charge on any atom is 0.252 e. The smallest absolute Gasteiger partial charge is 0.252 e. The standard InChI is InChI=1S/C12H15N3O/c1-9(13)8-10-2-4-11(5-3-10)15-12(16)6-7-14-15/h2-5,7,9H,6,8,13H2,1H3. The molecular weight excluding hydrogens is 202 g/mol. The van der Waals surface area contributed by atoms with E-state index in [1.807, 2.05) is 31.2 Å². The SMILES string of the molecule is CC(N)Cc1ccc(N2N=CCC2=O)cc1. The number of nitrogens with zero attached hydrogens (tertiary/aromatic N) is 2. The highest BCUT2D eigenvalue weighted by atomic mass is 16.2. The van der Waals surface area contributed by atoms with E-state index in [1.54, 1.807) is 6.21 Å². The van der Waals surface area contributed by atoms with Gasteiger partial charge in [0, 0.05) is 12.3 Å². The molecule has 2 N–H and O–H groups in total. The van der Waals surface area contributed by atoms with Crippen molar-refractivity contribution in [1.82, 2.24) is 0 Å². The van der Waals surface area contributed by atoms with Crippen molar-refractivity contribution in [1.29, 1.82) is 0 Å². The molecule has 0 aromatic heterocycles. The average molecular weight is 217 g/mol. The number of rotatable bonds is 3. The molecule has 1 aromatic carbocycles. The monoisotopic (exact) mass is 217 g/mol. The summed E-state index contributed by atoms with van der Waals surface area (Å²) in [5, 5.41) is 5.44. The van der Waals surface area contributed by atoms with Crippen LogP contribution in [-0.2, 0) is 11.2 Å². The predicted molar refractivity (Wildman–Crippen MR) is 64.4 cm³/mol. The second-order valence-electron chi connectivity index (χ2n) is 4.06. The number of benzene rings is 1. The van der Waals surface area contributed by atoms with Crippen LogP contribution in [0.1, 0.15) is 18.9 Å². The summed E-state index contributed by atoms with van der Waals surface area (Å²) in [5.74, 6) is 0.0138. The summed E-state index contributed by atoms with van der Waals surface area (Å²) in [5.41, 5.74) is 7.71. The molecule has 1 amide bonds. The third-order valence-corrected chi connectivity index (χ3v) is 2.44. The van der Waals surface area contributed by atoms with Crippen molar-refractivity contribution >= 4 is 17.8 Å². The summed E-state index contributed by atoms with van der Waals surface area (Å²) in [7, 11) is 0. The summed E-state index contributed by atoms with van der Waals surface area (Å²) in [6.07, 6.45) is 2.86.